The summed E-state index contributed by atoms with van der Waals surface area (Å²) in [4.78, 5) is 7.34. The van der Waals surface area contributed by atoms with Crippen molar-refractivity contribution in [3.05, 3.63) is 158 Å². The third-order valence-corrected chi connectivity index (χ3v) is 7.86. The van der Waals surface area contributed by atoms with E-state index in [0.29, 0.717) is 5.89 Å². The van der Waals surface area contributed by atoms with Crippen molar-refractivity contribution in [3.63, 3.8) is 0 Å². The van der Waals surface area contributed by atoms with Crippen molar-refractivity contribution in [3.8, 4) is 22.6 Å². The van der Waals surface area contributed by atoms with Crippen LogP contribution in [-0.2, 0) is 0 Å². The second-order valence-corrected chi connectivity index (χ2v) is 10.5. The first-order valence-corrected chi connectivity index (χ1v) is 14.1. The molecule has 1 heterocycles. The lowest BCUT2D eigenvalue weighted by Gasteiger charge is -2.27. The number of anilines is 3. The molecule has 0 aliphatic carbocycles. The largest absolute Gasteiger partial charge is 0.436 e. The molecule has 3 heteroatoms. The Bertz CT molecular complexity index is 2180. The molecule has 0 N–H and O–H groups in total. The van der Waals surface area contributed by atoms with Crippen LogP contribution >= 0.6 is 0 Å². The third-order valence-electron chi connectivity index (χ3n) is 7.86. The molecule has 1 aromatic heterocycles. The highest BCUT2D eigenvalue weighted by Gasteiger charge is 2.19. The lowest BCUT2D eigenvalue weighted by atomic mass is 10.0. The van der Waals surface area contributed by atoms with E-state index in [1.54, 1.807) is 0 Å². The smallest absolute Gasteiger partial charge is 0.227 e. The van der Waals surface area contributed by atoms with Crippen LogP contribution in [0.2, 0.25) is 0 Å². The summed E-state index contributed by atoms with van der Waals surface area (Å²) >= 11 is 0. The van der Waals surface area contributed by atoms with Gasteiger partial charge in [0.15, 0.2) is 5.58 Å². The maximum absolute atomic E-state index is 6.27. The number of hydrogen-bond acceptors (Lipinski definition) is 3. The zero-order valence-corrected chi connectivity index (χ0v) is 22.8. The second-order valence-electron chi connectivity index (χ2n) is 10.5. The van der Waals surface area contributed by atoms with Crippen LogP contribution in [0, 0.1) is 0 Å². The molecule has 8 aromatic rings. The number of oxazole rings is 1. The number of benzene rings is 7. The Morgan fingerprint density at radius 3 is 1.90 bits per heavy atom. The monoisotopic (exact) mass is 538 g/mol. The summed E-state index contributed by atoms with van der Waals surface area (Å²) in [5, 5.41) is 4.66. The number of para-hydroxylation sites is 1. The molecular weight excluding hydrogens is 512 g/mol. The van der Waals surface area contributed by atoms with E-state index in [9.17, 15) is 0 Å². The van der Waals surface area contributed by atoms with E-state index in [0.717, 1.165) is 44.5 Å². The topological polar surface area (TPSA) is 29.3 Å². The van der Waals surface area contributed by atoms with Gasteiger partial charge < -0.3 is 9.32 Å². The molecule has 0 aliphatic heterocycles. The number of fused-ring (bicyclic) bond motifs is 4. The van der Waals surface area contributed by atoms with Crippen LogP contribution in [0.4, 0.5) is 17.1 Å². The predicted octanol–water partition coefficient (Wildman–Crippen LogP) is 10.9. The van der Waals surface area contributed by atoms with Gasteiger partial charge in [-0.25, -0.2) is 4.98 Å². The Morgan fingerprint density at radius 2 is 1.10 bits per heavy atom. The standard InChI is InChI=1S/C39H26N2O/c1-3-11-30(12-4-1)39-40-38-36(42-39)25-22-29-14-9-17-35(37(29)38)41(33-15-5-2-6-16-33)34-23-20-28(21-24-34)32-19-18-27-10-7-8-13-31(27)26-32/h1-26H. The van der Waals surface area contributed by atoms with Gasteiger partial charge in [-0.05, 0) is 81.9 Å². The summed E-state index contributed by atoms with van der Waals surface area (Å²) in [6, 6.07) is 55.1. The number of rotatable bonds is 5. The molecule has 0 unspecified atom stereocenters. The van der Waals surface area contributed by atoms with Crippen molar-refractivity contribution in [1.82, 2.24) is 4.98 Å². The van der Waals surface area contributed by atoms with Crippen molar-refractivity contribution in [1.29, 1.82) is 0 Å². The predicted molar refractivity (Wildman–Crippen MR) is 175 cm³/mol. The van der Waals surface area contributed by atoms with Gasteiger partial charge in [0, 0.05) is 22.3 Å². The van der Waals surface area contributed by atoms with Crippen LogP contribution in [0.15, 0.2) is 162 Å². The minimum absolute atomic E-state index is 0.624. The van der Waals surface area contributed by atoms with Gasteiger partial charge in [0.2, 0.25) is 5.89 Å². The summed E-state index contributed by atoms with van der Waals surface area (Å²) in [5.41, 5.74) is 8.17. The Balaban J connectivity index is 1.29. The average molecular weight is 539 g/mol. The molecule has 3 nitrogen and oxygen atoms in total. The Kier molecular flexibility index (Phi) is 5.79. The number of aromatic nitrogens is 1. The maximum Gasteiger partial charge on any atom is 0.227 e. The molecule has 42 heavy (non-hydrogen) atoms. The van der Waals surface area contributed by atoms with E-state index in [2.05, 4.69) is 126 Å². The molecule has 0 bridgehead atoms. The summed E-state index contributed by atoms with van der Waals surface area (Å²) in [6.07, 6.45) is 0. The van der Waals surface area contributed by atoms with E-state index in [4.69, 9.17) is 9.40 Å². The average Bonchev–Trinajstić information content (AvgIpc) is 3.51. The lowest BCUT2D eigenvalue weighted by molar-refractivity contribution is 0.620. The molecule has 198 valence electrons. The van der Waals surface area contributed by atoms with E-state index in [1.165, 1.54) is 21.9 Å². The van der Waals surface area contributed by atoms with Gasteiger partial charge in [-0.1, -0.05) is 103 Å². The van der Waals surface area contributed by atoms with E-state index in [1.807, 2.05) is 36.4 Å². The maximum atomic E-state index is 6.27. The molecule has 8 rings (SSSR count). The summed E-state index contributed by atoms with van der Waals surface area (Å²) < 4.78 is 6.27. The fourth-order valence-electron chi connectivity index (χ4n) is 5.81. The minimum Gasteiger partial charge on any atom is -0.436 e. The van der Waals surface area contributed by atoms with E-state index in [-0.39, 0.29) is 0 Å². The first-order chi connectivity index (χ1) is 20.8. The van der Waals surface area contributed by atoms with Crippen molar-refractivity contribution in [2.75, 3.05) is 4.90 Å². The minimum atomic E-state index is 0.624. The molecule has 0 radical (unpaired) electrons. The Morgan fingerprint density at radius 1 is 0.452 bits per heavy atom. The number of nitrogens with zero attached hydrogens (tertiary/aromatic N) is 2. The Labute approximate surface area is 243 Å². The van der Waals surface area contributed by atoms with Crippen LogP contribution in [0.1, 0.15) is 0 Å². The van der Waals surface area contributed by atoms with Crippen molar-refractivity contribution >= 4 is 49.7 Å². The normalized spacial score (nSPS) is 11.3. The summed E-state index contributed by atoms with van der Waals surface area (Å²) in [7, 11) is 0. The molecule has 0 atom stereocenters. The quantitative estimate of drug-likeness (QED) is 0.218. The van der Waals surface area contributed by atoms with Gasteiger partial charge >= 0.3 is 0 Å². The first-order valence-electron chi connectivity index (χ1n) is 14.1. The zero-order valence-electron chi connectivity index (χ0n) is 22.8. The van der Waals surface area contributed by atoms with E-state index >= 15 is 0 Å². The van der Waals surface area contributed by atoms with Crippen molar-refractivity contribution in [2.45, 2.75) is 0 Å². The Hall–Kier alpha value is -5.67. The third kappa shape index (κ3) is 4.20. The fraction of sp³-hybridized carbons (Fsp3) is 0. The highest BCUT2D eigenvalue weighted by molar-refractivity contribution is 6.12. The summed E-state index contributed by atoms with van der Waals surface area (Å²) in [5.74, 6) is 0.624. The first kappa shape index (κ1) is 24.2. The molecule has 7 aromatic carbocycles. The molecule has 0 amide bonds. The highest BCUT2D eigenvalue weighted by atomic mass is 16.3. The fourth-order valence-corrected chi connectivity index (χ4v) is 5.81. The molecule has 0 saturated carbocycles. The molecule has 0 saturated heterocycles. The lowest BCUT2D eigenvalue weighted by Crippen LogP contribution is -2.10. The van der Waals surface area contributed by atoms with Gasteiger partial charge in [-0.15, -0.1) is 0 Å². The van der Waals surface area contributed by atoms with Crippen LogP contribution in [0.5, 0.6) is 0 Å². The van der Waals surface area contributed by atoms with Gasteiger partial charge in [-0.3, -0.25) is 0 Å². The molecule has 0 spiro atoms. The molecular formula is C39H26N2O. The van der Waals surface area contributed by atoms with E-state index < -0.39 is 0 Å². The zero-order chi connectivity index (χ0) is 27.9. The number of hydrogen-bond donors (Lipinski definition) is 0. The van der Waals surface area contributed by atoms with Gasteiger partial charge in [0.25, 0.3) is 0 Å². The summed E-state index contributed by atoms with van der Waals surface area (Å²) in [6.45, 7) is 0. The second kappa shape index (κ2) is 10.1. The molecule has 0 fully saturated rings. The van der Waals surface area contributed by atoms with Crippen LogP contribution in [-0.4, -0.2) is 4.98 Å². The van der Waals surface area contributed by atoms with Gasteiger partial charge in [0.05, 0.1) is 5.69 Å². The van der Waals surface area contributed by atoms with Crippen LogP contribution in [0.3, 0.4) is 0 Å². The van der Waals surface area contributed by atoms with Crippen LogP contribution in [0.25, 0.3) is 55.2 Å². The highest BCUT2D eigenvalue weighted by Crippen LogP contribution is 2.42. The van der Waals surface area contributed by atoms with Crippen molar-refractivity contribution < 1.29 is 4.42 Å². The SMILES string of the molecule is c1ccc(-c2nc3c(ccc4cccc(N(c5ccccc5)c5ccc(-c6ccc7ccccc7c6)cc5)c43)o2)cc1. The molecule has 0 aliphatic rings. The van der Waals surface area contributed by atoms with Gasteiger partial charge in [0.1, 0.15) is 5.52 Å². The van der Waals surface area contributed by atoms with Crippen LogP contribution < -0.4 is 4.90 Å². The van der Waals surface area contributed by atoms with Gasteiger partial charge in [-0.2, -0.15) is 0 Å². The van der Waals surface area contributed by atoms with Crippen molar-refractivity contribution in [2.24, 2.45) is 0 Å².